The molecule has 2 N–H and O–H groups in total. The molecule has 8 nitrogen and oxygen atoms in total. The van der Waals surface area contributed by atoms with Gasteiger partial charge in [-0.15, -0.1) is 10.2 Å². The molecule has 1 aliphatic carbocycles. The maximum Gasteiger partial charge on any atom is 0.151 e. The fourth-order valence-electron chi connectivity index (χ4n) is 4.14. The van der Waals surface area contributed by atoms with Crippen LogP contribution in [0.3, 0.4) is 0 Å². The van der Waals surface area contributed by atoms with E-state index in [9.17, 15) is 5.11 Å². The number of nitrogens with zero attached hydrogens (tertiary/aromatic N) is 6. The molecule has 0 radical (unpaired) electrons. The third-order valence-corrected chi connectivity index (χ3v) is 6.75. The molecule has 0 saturated heterocycles. The number of fused-ring (bicyclic) bond motifs is 1. The minimum Gasteiger partial charge on any atom is -0.390 e. The van der Waals surface area contributed by atoms with Crippen LogP contribution in [0.15, 0.2) is 36.7 Å². The van der Waals surface area contributed by atoms with Crippen LogP contribution in [0.25, 0.3) is 27.5 Å². The van der Waals surface area contributed by atoms with Crippen LogP contribution in [-0.4, -0.2) is 41.5 Å². The SMILES string of the molecule is CC(C)Nc1cc(-c2ccc3cc(C#N)cnn23)ncc1-c1nnc(C2CC(C)(O)C2)s1. The van der Waals surface area contributed by atoms with E-state index in [1.165, 1.54) is 0 Å². The Labute approximate surface area is 189 Å². The van der Waals surface area contributed by atoms with Crippen molar-refractivity contribution in [2.45, 2.75) is 51.2 Å². The summed E-state index contributed by atoms with van der Waals surface area (Å²) in [5.74, 6) is 0.265. The Morgan fingerprint density at radius 1 is 1.25 bits per heavy atom. The van der Waals surface area contributed by atoms with Crippen molar-refractivity contribution in [2.75, 3.05) is 5.32 Å². The summed E-state index contributed by atoms with van der Waals surface area (Å²) in [6.45, 7) is 6.03. The summed E-state index contributed by atoms with van der Waals surface area (Å²) in [7, 11) is 0. The smallest absolute Gasteiger partial charge is 0.151 e. The van der Waals surface area contributed by atoms with Gasteiger partial charge in [-0.1, -0.05) is 11.3 Å². The quantitative estimate of drug-likeness (QED) is 0.472. The Morgan fingerprint density at radius 3 is 2.78 bits per heavy atom. The normalized spacial score (nSPS) is 20.3. The second-order valence-electron chi connectivity index (χ2n) is 8.87. The van der Waals surface area contributed by atoms with Crippen LogP contribution in [0, 0.1) is 11.3 Å². The molecule has 162 valence electrons. The largest absolute Gasteiger partial charge is 0.390 e. The van der Waals surface area contributed by atoms with Gasteiger partial charge in [0.05, 0.1) is 39.8 Å². The van der Waals surface area contributed by atoms with Crippen molar-refractivity contribution in [2.24, 2.45) is 0 Å². The summed E-state index contributed by atoms with van der Waals surface area (Å²) in [4.78, 5) is 4.70. The van der Waals surface area contributed by atoms with Crippen LogP contribution in [0.4, 0.5) is 5.69 Å². The first-order valence-corrected chi connectivity index (χ1v) is 11.4. The first-order valence-electron chi connectivity index (χ1n) is 10.5. The molecule has 0 atom stereocenters. The molecule has 4 aromatic heterocycles. The lowest BCUT2D eigenvalue weighted by Crippen LogP contribution is -2.39. The number of hydrogen-bond acceptors (Lipinski definition) is 8. The third kappa shape index (κ3) is 3.72. The molecule has 0 bridgehead atoms. The van der Waals surface area contributed by atoms with E-state index in [0.717, 1.165) is 51.0 Å². The van der Waals surface area contributed by atoms with Crippen molar-refractivity contribution in [1.82, 2.24) is 24.8 Å². The molecule has 0 spiro atoms. The van der Waals surface area contributed by atoms with Gasteiger partial charge in [-0.05, 0) is 57.9 Å². The Hall–Kier alpha value is -3.35. The average molecular weight is 446 g/mol. The highest BCUT2D eigenvalue weighted by Crippen LogP contribution is 2.46. The lowest BCUT2D eigenvalue weighted by atomic mass is 9.72. The molecule has 5 rings (SSSR count). The lowest BCUT2D eigenvalue weighted by Gasteiger charge is -2.39. The highest BCUT2D eigenvalue weighted by atomic mass is 32.1. The van der Waals surface area contributed by atoms with E-state index < -0.39 is 5.60 Å². The first-order chi connectivity index (χ1) is 15.3. The maximum absolute atomic E-state index is 10.1. The van der Waals surface area contributed by atoms with Crippen molar-refractivity contribution >= 4 is 22.5 Å². The minimum atomic E-state index is -0.591. The molecule has 1 saturated carbocycles. The fraction of sp³-hybridized carbons (Fsp3) is 0.348. The van der Waals surface area contributed by atoms with Crippen LogP contribution in [0.1, 0.15) is 50.1 Å². The molecule has 1 aliphatic rings. The van der Waals surface area contributed by atoms with Crippen LogP contribution in [-0.2, 0) is 0 Å². The van der Waals surface area contributed by atoms with Gasteiger partial charge in [0, 0.05) is 23.8 Å². The number of nitriles is 1. The number of hydrogen-bond donors (Lipinski definition) is 2. The highest BCUT2D eigenvalue weighted by Gasteiger charge is 2.41. The molecule has 4 heterocycles. The van der Waals surface area contributed by atoms with Crippen molar-refractivity contribution in [1.29, 1.82) is 5.26 Å². The first kappa shape index (κ1) is 20.5. The van der Waals surface area contributed by atoms with Gasteiger partial charge in [0.15, 0.2) is 5.01 Å². The summed E-state index contributed by atoms with van der Waals surface area (Å²) in [5.41, 5.74) is 4.22. The van der Waals surface area contributed by atoms with Gasteiger partial charge in [0.25, 0.3) is 0 Å². The molecule has 9 heteroatoms. The number of aromatic nitrogens is 5. The van der Waals surface area contributed by atoms with Gasteiger partial charge < -0.3 is 10.4 Å². The number of aliphatic hydroxyl groups is 1. The van der Waals surface area contributed by atoms with Crippen LogP contribution in [0.5, 0.6) is 0 Å². The zero-order valence-electron chi connectivity index (χ0n) is 18.1. The summed E-state index contributed by atoms with van der Waals surface area (Å²) in [6, 6.07) is 10.0. The fourth-order valence-corrected chi connectivity index (χ4v) is 5.10. The van der Waals surface area contributed by atoms with Crippen LogP contribution in [0.2, 0.25) is 0 Å². The number of anilines is 1. The van der Waals surface area contributed by atoms with Crippen molar-refractivity contribution in [3.8, 4) is 28.0 Å². The summed E-state index contributed by atoms with van der Waals surface area (Å²) >= 11 is 1.56. The molecule has 0 amide bonds. The predicted octanol–water partition coefficient (Wildman–Crippen LogP) is 4.24. The van der Waals surface area contributed by atoms with Crippen LogP contribution < -0.4 is 5.32 Å². The molecule has 0 aromatic carbocycles. The Bertz CT molecular complexity index is 1340. The van der Waals surface area contributed by atoms with E-state index in [4.69, 9.17) is 10.2 Å². The Morgan fingerprint density at radius 2 is 2.06 bits per heavy atom. The maximum atomic E-state index is 10.1. The average Bonchev–Trinajstić information content (AvgIpc) is 3.38. The standard InChI is InChI=1S/C23H23N7OS/c1-13(2)27-18-7-19(20-5-4-16-6-14(10-24)11-26-30(16)20)25-12-17(18)22-29-28-21(32-22)15-8-23(3,31)9-15/h4-7,11-13,15,31H,8-9H2,1-3H3,(H,25,27). The zero-order valence-corrected chi connectivity index (χ0v) is 18.9. The molecule has 0 aliphatic heterocycles. The predicted molar refractivity (Wildman–Crippen MR) is 123 cm³/mol. The lowest BCUT2D eigenvalue weighted by molar-refractivity contribution is -0.0315. The minimum absolute atomic E-state index is 0.221. The number of rotatable bonds is 5. The number of pyridine rings is 1. The molecule has 1 fully saturated rings. The van der Waals surface area contributed by atoms with E-state index in [1.807, 2.05) is 31.3 Å². The van der Waals surface area contributed by atoms with Gasteiger partial charge in [0.1, 0.15) is 11.1 Å². The number of nitrogens with one attached hydrogen (secondary N) is 1. The van der Waals surface area contributed by atoms with Gasteiger partial charge >= 0.3 is 0 Å². The second kappa shape index (κ2) is 7.65. The summed E-state index contributed by atoms with van der Waals surface area (Å²) in [5, 5.41) is 37.7. The van der Waals surface area contributed by atoms with E-state index >= 15 is 0 Å². The van der Waals surface area contributed by atoms with Gasteiger partial charge in [-0.25, -0.2) is 4.52 Å². The molecule has 4 aromatic rings. The highest BCUT2D eigenvalue weighted by molar-refractivity contribution is 7.14. The topological polar surface area (TPSA) is 112 Å². The van der Waals surface area contributed by atoms with Crippen molar-refractivity contribution in [3.05, 3.63) is 47.2 Å². The van der Waals surface area contributed by atoms with Gasteiger partial charge in [-0.2, -0.15) is 10.4 Å². The zero-order chi connectivity index (χ0) is 22.5. The monoisotopic (exact) mass is 445 g/mol. The molecular weight excluding hydrogens is 422 g/mol. The summed E-state index contributed by atoms with van der Waals surface area (Å²) in [6.07, 6.45) is 4.82. The van der Waals surface area contributed by atoms with Gasteiger partial charge in [-0.3, -0.25) is 4.98 Å². The van der Waals surface area contributed by atoms with E-state index in [-0.39, 0.29) is 12.0 Å². The van der Waals surface area contributed by atoms with E-state index in [1.54, 1.807) is 28.1 Å². The van der Waals surface area contributed by atoms with Crippen molar-refractivity contribution in [3.63, 3.8) is 0 Å². The second-order valence-corrected chi connectivity index (χ2v) is 9.88. The Kier molecular flexibility index (Phi) is 4.92. The van der Waals surface area contributed by atoms with Crippen LogP contribution >= 0.6 is 11.3 Å². The third-order valence-electron chi connectivity index (χ3n) is 5.63. The molecule has 0 unspecified atom stereocenters. The van der Waals surface area contributed by atoms with E-state index in [0.29, 0.717) is 5.56 Å². The Balaban J connectivity index is 1.52. The van der Waals surface area contributed by atoms with Gasteiger partial charge in [0.2, 0.25) is 0 Å². The summed E-state index contributed by atoms with van der Waals surface area (Å²) < 4.78 is 1.79. The van der Waals surface area contributed by atoms with Crippen molar-refractivity contribution < 1.29 is 5.11 Å². The molecule has 32 heavy (non-hydrogen) atoms. The molecular formula is C23H23N7OS. The van der Waals surface area contributed by atoms with E-state index in [2.05, 4.69) is 40.5 Å².